The van der Waals surface area contributed by atoms with Crippen LogP contribution in [0.5, 0.6) is 0 Å². The molecule has 0 aliphatic carbocycles. The Kier molecular flexibility index (Phi) is 5.58. The second-order valence-corrected chi connectivity index (χ2v) is 10.2. The lowest BCUT2D eigenvalue weighted by atomic mass is 9.77. The molecule has 5 heteroatoms. The highest BCUT2D eigenvalue weighted by molar-refractivity contribution is 5.82. The molecule has 0 radical (unpaired) electrons. The maximum atomic E-state index is 12.5. The quantitative estimate of drug-likeness (QED) is 0.883. The first kappa shape index (κ1) is 20.7. The highest BCUT2D eigenvalue weighted by Gasteiger charge is 2.34. The maximum Gasteiger partial charge on any atom is 0.226 e. The van der Waals surface area contributed by atoms with Gasteiger partial charge in [-0.15, -0.1) is 5.10 Å². The zero-order chi connectivity index (χ0) is 19.0. The fourth-order valence-electron chi connectivity index (χ4n) is 2.28. The van der Waals surface area contributed by atoms with Crippen molar-refractivity contribution in [2.24, 2.45) is 5.41 Å². The van der Waals surface area contributed by atoms with E-state index in [2.05, 4.69) is 50.2 Å². The standard InChI is InChI=1S/C19H36N4O/c1-16(2,3)20-15(24)19(9,10)12-11-18(7,8)14-13-23(22-21-14)17(4,5)6/h13H,11-12H2,1-10H3,(H,20,24). The number of carbonyl (C=O) groups excluding carboxylic acids is 1. The molecular formula is C19H36N4O. The van der Waals surface area contributed by atoms with Crippen molar-refractivity contribution in [1.82, 2.24) is 20.3 Å². The summed E-state index contributed by atoms with van der Waals surface area (Å²) in [4.78, 5) is 12.5. The van der Waals surface area contributed by atoms with Crippen LogP contribution in [0.1, 0.15) is 87.8 Å². The number of aromatic nitrogens is 3. The van der Waals surface area contributed by atoms with E-state index in [4.69, 9.17) is 0 Å². The molecule has 24 heavy (non-hydrogen) atoms. The van der Waals surface area contributed by atoms with Crippen LogP contribution >= 0.6 is 0 Å². The molecule has 1 aromatic heterocycles. The highest BCUT2D eigenvalue weighted by Crippen LogP contribution is 2.33. The van der Waals surface area contributed by atoms with Gasteiger partial charge in [-0.1, -0.05) is 32.9 Å². The molecule has 0 aliphatic heterocycles. The van der Waals surface area contributed by atoms with Gasteiger partial charge >= 0.3 is 0 Å². The van der Waals surface area contributed by atoms with Crippen LogP contribution in [0.4, 0.5) is 0 Å². The average Bonchev–Trinajstić information content (AvgIpc) is 2.84. The molecule has 1 rings (SSSR count). The van der Waals surface area contributed by atoms with Gasteiger partial charge in [0, 0.05) is 22.6 Å². The summed E-state index contributed by atoms with van der Waals surface area (Å²) in [6.07, 6.45) is 3.70. The summed E-state index contributed by atoms with van der Waals surface area (Å²) in [5, 5.41) is 11.7. The molecule has 0 spiro atoms. The first-order valence-corrected chi connectivity index (χ1v) is 8.81. The summed E-state index contributed by atoms with van der Waals surface area (Å²) in [5.74, 6) is 0.101. The summed E-state index contributed by atoms with van der Waals surface area (Å²) in [7, 11) is 0. The van der Waals surface area contributed by atoms with Crippen molar-refractivity contribution in [1.29, 1.82) is 0 Å². The van der Waals surface area contributed by atoms with Gasteiger partial charge in [-0.05, 0) is 54.4 Å². The van der Waals surface area contributed by atoms with Gasteiger partial charge in [0.1, 0.15) is 0 Å². The Balaban J connectivity index is 2.80. The van der Waals surface area contributed by atoms with E-state index in [1.54, 1.807) is 0 Å². The Labute approximate surface area is 147 Å². The van der Waals surface area contributed by atoms with Crippen LogP contribution in [0.2, 0.25) is 0 Å². The molecule has 1 aromatic rings. The normalized spacial score (nSPS) is 13.9. The molecule has 0 aliphatic rings. The number of hydrogen-bond acceptors (Lipinski definition) is 3. The summed E-state index contributed by atoms with van der Waals surface area (Å²) in [6.45, 7) is 20.7. The fourth-order valence-corrected chi connectivity index (χ4v) is 2.28. The molecule has 5 nitrogen and oxygen atoms in total. The number of carbonyl (C=O) groups is 1. The van der Waals surface area contributed by atoms with E-state index in [9.17, 15) is 4.79 Å². The zero-order valence-corrected chi connectivity index (χ0v) is 17.2. The molecule has 1 heterocycles. The minimum Gasteiger partial charge on any atom is -0.351 e. The van der Waals surface area contributed by atoms with Crippen LogP contribution in [0, 0.1) is 5.41 Å². The van der Waals surface area contributed by atoms with Crippen LogP contribution in [0.3, 0.4) is 0 Å². The van der Waals surface area contributed by atoms with E-state index < -0.39 is 5.41 Å². The molecule has 1 N–H and O–H groups in total. The third kappa shape index (κ3) is 5.60. The third-order valence-corrected chi connectivity index (χ3v) is 4.35. The SMILES string of the molecule is CC(C)(C)NC(=O)C(C)(C)CCC(C)(C)c1cn(C(C)(C)C)nn1. The summed E-state index contributed by atoms with van der Waals surface area (Å²) in [6, 6.07) is 0. The molecule has 0 atom stereocenters. The Morgan fingerprint density at radius 2 is 1.54 bits per heavy atom. The Morgan fingerprint density at radius 3 is 1.96 bits per heavy atom. The van der Waals surface area contributed by atoms with Crippen molar-refractivity contribution in [3.8, 4) is 0 Å². The first-order chi connectivity index (χ1) is 10.5. The molecule has 1 amide bonds. The molecule has 0 saturated heterocycles. The van der Waals surface area contributed by atoms with Gasteiger partial charge < -0.3 is 5.32 Å². The second-order valence-electron chi connectivity index (χ2n) is 10.2. The predicted octanol–water partition coefficient (Wildman–Crippen LogP) is 4.03. The lowest BCUT2D eigenvalue weighted by Crippen LogP contribution is -2.47. The van der Waals surface area contributed by atoms with Gasteiger partial charge in [0.25, 0.3) is 0 Å². The van der Waals surface area contributed by atoms with Crippen molar-refractivity contribution in [3.05, 3.63) is 11.9 Å². The maximum absolute atomic E-state index is 12.5. The Hall–Kier alpha value is -1.39. The van der Waals surface area contributed by atoms with Gasteiger partial charge in [-0.2, -0.15) is 0 Å². The van der Waals surface area contributed by atoms with E-state index in [0.717, 1.165) is 18.5 Å². The third-order valence-electron chi connectivity index (χ3n) is 4.35. The average molecular weight is 337 g/mol. The number of nitrogens with zero attached hydrogens (tertiary/aromatic N) is 3. The van der Waals surface area contributed by atoms with Gasteiger partial charge in [-0.3, -0.25) is 4.79 Å². The minimum absolute atomic E-state index is 0.0762. The van der Waals surface area contributed by atoms with Crippen molar-refractivity contribution < 1.29 is 4.79 Å². The van der Waals surface area contributed by atoms with E-state index in [0.29, 0.717) is 0 Å². The van der Waals surface area contributed by atoms with Gasteiger partial charge in [-0.25, -0.2) is 4.68 Å². The zero-order valence-electron chi connectivity index (χ0n) is 17.2. The molecule has 138 valence electrons. The number of amides is 1. The lowest BCUT2D eigenvalue weighted by molar-refractivity contribution is -0.131. The number of hydrogen-bond donors (Lipinski definition) is 1. The van der Waals surface area contributed by atoms with Crippen LogP contribution in [-0.4, -0.2) is 26.4 Å². The molecule has 0 bridgehead atoms. The summed E-state index contributed by atoms with van der Waals surface area (Å²) < 4.78 is 1.90. The Bertz CT molecular complexity index is 571. The number of nitrogens with one attached hydrogen (secondary N) is 1. The number of rotatable bonds is 5. The molecule has 0 saturated carbocycles. The van der Waals surface area contributed by atoms with Gasteiger partial charge in [0.05, 0.1) is 11.2 Å². The molecule has 0 unspecified atom stereocenters. The van der Waals surface area contributed by atoms with Gasteiger partial charge in [0.2, 0.25) is 5.91 Å². The fraction of sp³-hybridized carbons (Fsp3) is 0.842. The van der Waals surface area contributed by atoms with Crippen LogP contribution in [-0.2, 0) is 15.7 Å². The van der Waals surface area contributed by atoms with Crippen LogP contribution < -0.4 is 5.32 Å². The summed E-state index contributed by atoms with van der Waals surface area (Å²) in [5.41, 5.74) is 0.157. The first-order valence-electron chi connectivity index (χ1n) is 8.81. The largest absolute Gasteiger partial charge is 0.351 e. The van der Waals surface area contributed by atoms with Crippen molar-refractivity contribution in [2.45, 2.75) is 98.6 Å². The van der Waals surface area contributed by atoms with Crippen LogP contribution in [0.15, 0.2) is 6.20 Å². The van der Waals surface area contributed by atoms with Crippen molar-refractivity contribution in [3.63, 3.8) is 0 Å². The van der Waals surface area contributed by atoms with Crippen molar-refractivity contribution >= 4 is 5.91 Å². The highest BCUT2D eigenvalue weighted by atomic mass is 16.2. The van der Waals surface area contributed by atoms with E-state index in [-0.39, 0.29) is 22.4 Å². The van der Waals surface area contributed by atoms with Crippen molar-refractivity contribution in [2.75, 3.05) is 0 Å². The van der Waals surface area contributed by atoms with E-state index >= 15 is 0 Å². The second kappa shape index (κ2) is 6.49. The topological polar surface area (TPSA) is 59.8 Å². The molecular weight excluding hydrogens is 300 g/mol. The van der Waals surface area contributed by atoms with Gasteiger partial charge in [0.15, 0.2) is 0 Å². The van der Waals surface area contributed by atoms with E-state index in [1.165, 1.54) is 0 Å². The Morgan fingerprint density at radius 1 is 1.00 bits per heavy atom. The lowest BCUT2D eigenvalue weighted by Gasteiger charge is -2.32. The molecule has 0 fully saturated rings. The monoisotopic (exact) mass is 336 g/mol. The van der Waals surface area contributed by atoms with E-state index in [1.807, 2.05) is 45.5 Å². The van der Waals surface area contributed by atoms with Crippen LogP contribution in [0.25, 0.3) is 0 Å². The minimum atomic E-state index is -0.412. The smallest absolute Gasteiger partial charge is 0.226 e. The molecule has 0 aromatic carbocycles. The predicted molar refractivity (Wildman–Crippen MR) is 99.0 cm³/mol. The summed E-state index contributed by atoms with van der Waals surface area (Å²) >= 11 is 0.